The summed E-state index contributed by atoms with van der Waals surface area (Å²) in [5, 5.41) is 7.23. The molecule has 4 aromatic rings. The lowest BCUT2D eigenvalue weighted by Gasteiger charge is -2.08. The van der Waals surface area contributed by atoms with Gasteiger partial charge in [-0.05, 0) is 48.4 Å². The lowest BCUT2D eigenvalue weighted by atomic mass is 10.1. The molecule has 0 atom stereocenters. The number of pyridine rings is 1. The molecule has 3 N–H and O–H groups in total. The molecule has 4 rings (SSSR count). The Morgan fingerprint density at radius 1 is 1.04 bits per heavy atom. The van der Waals surface area contributed by atoms with E-state index in [1.165, 1.54) is 5.56 Å². The molecule has 0 aliphatic carbocycles. The minimum absolute atomic E-state index is 0.0686. The first-order valence-electron chi connectivity index (χ1n) is 8.82. The third kappa shape index (κ3) is 3.98. The highest BCUT2D eigenvalue weighted by Gasteiger charge is 2.09. The van der Waals surface area contributed by atoms with Crippen molar-refractivity contribution in [3.05, 3.63) is 84.2 Å². The van der Waals surface area contributed by atoms with Crippen LogP contribution in [0.4, 0.5) is 17.2 Å². The molecular formula is C22H20N4O. The van der Waals surface area contributed by atoms with Crippen LogP contribution in [-0.4, -0.2) is 15.9 Å². The van der Waals surface area contributed by atoms with Crippen molar-refractivity contribution < 1.29 is 4.79 Å². The molecule has 0 fully saturated rings. The normalized spacial score (nSPS) is 10.7. The Morgan fingerprint density at radius 2 is 1.93 bits per heavy atom. The Kier molecular flexibility index (Phi) is 4.58. The minimum atomic E-state index is -0.0686. The van der Waals surface area contributed by atoms with Gasteiger partial charge in [-0.1, -0.05) is 30.3 Å². The minimum Gasteiger partial charge on any atom is -0.361 e. The third-order valence-corrected chi connectivity index (χ3v) is 4.36. The third-order valence-electron chi connectivity index (χ3n) is 4.36. The fraction of sp³-hybridized carbons (Fsp3) is 0.0909. The Labute approximate surface area is 157 Å². The van der Waals surface area contributed by atoms with Gasteiger partial charge in [0.05, 0.1) is 18.3 Å². The molecule has 5 heteroatoms. The number of para-hydroxylation sites is 1. The molecule has 0 spiro atoms. The second-order valence-electron chi connectivity index (χ2n) is 6.51. The standard InChI is InChI=1S/C22H20N4O/c1-15-5-4-6-17(11-15)25-21-10-9-18(14-24-21)26-22(27)12-16-13-23-20-8-3-2-7-19(16)20/h2-11,13-14,23H,12H2,1H3,(H,24,25)(H,26,27). The second kappa shape index (κ2) is 7.33. The van der Waals surface area contributed by atoms with E-state index in [0.29, 0.717) is 12.1 Å². The van der Waals surface area contributed by atoms with Crippen LogP contribution < -0.4 is 10.6 Å². The molecule has 5 nitrogen and oxygen atoms in total. The summed E-state index contributed by atoms with van der Waals surface area (Å²) in [5.41, 5.74) is 4.86. The number of anilines is 3. The SMILES string of the molecule is Cc1cccc(Nc2ccc(NC(=O)Cc3c[nH]c4ccccc34)cn2)c1. The van der Waals surface area contributed by atoms with Crippen molar-refractivity contribution in [3.8, 4) is 0 Å². The fourth-order valence-electron chi connectivity index (χ4n) is 3.07. The van der Waals surface area contributed by atoms with Gasteiger partial charge in [0.25, 0.3) is 0 Å². The van der Waals surface area contributed by atoms with Gasteiger partial charge in [-0.2, -0.15) is 0 Å². The lowest BCUT2D eigenvalue weighted by Crippen LogP contribution is -2.14. The first-order chi connectivity index (χ1) is 13.2. The van der Waals surface area contributed by atoms with Crippen molar-refractivity contribution in [2.45, 2.75) is 13.3 Å². The molecule has 0 saturated carbocycles. The molecule has 1 amide bonds. The highest BCUT2D eigenvalue weighted by molar-refractivity contribution is 5.95. The number of aryl methyl sites for hydroxylation is 1. The van der Waals surface area contributed by atoms with Gasteiger partial charge in [-0.15, -0.1) is 0 Å². The maximum Gasteiger partial charge on any atom is 0.228 e. The van der Waals surface area contributed by atoms with Crippen LogP contribution in [-0.2, 0) is 11.2 Å². The zero-order chi connectivity index (χ0) is 18.6. The number of nitrogens with one attached hydrogen (secondary N) is 3. The number of hydrogen-bond acceptors (Lipinski definition) is 3. The van der Waals surface area contributed by atoms with Gasteiger partial charge in [-0.3, -0.25) is 4.79 Å². The maximum absolute atomic E-state index is 12.4. The number of carbonyl (C=O) groups is 1. The molecule has 0 aliphatic rings. The van der Waals surface area contributed by atoms with Crippen LogP contribution in [0.25, 0.3) is 10.9 Å². The van der Waals surface area contributed by atoms with Crippen molar-refractivity contribution in [1.82, 2.24) is 9.97 Å². The van der Waals surface area contributed by atoms with Crippen LogP contribution >= 0.6 is 0 Å². The summed E-state index contributed by atoms with van der Waals surface area (Å²) < 4.78 is 0. The molecule has 0 unspecified atom stereocenters. The molecule has 27 heavy (non-hydrogen) atoms. The quantitative estimate of drug-likeness (QED) is 0.481. The number of aromatic nitrogens is 2. The number of carbonyl (C=O) groups excluding carboxylic acids is 1. The number of benzene rings is 2. The fourth-order valence-corrected chi connectivity index (χ4v) is 3.07. The Bertz CT molecular complexity index is 1080. The van der Waals surface area contributed by atoms with Gasteiger partial charge >= 0.3 is 0 Å². The molecular weight excluding hydrogens is 336 g/mol. The number of fused-ring (bicyclic) bond motifs is 1. The van der Waals surface area contributed by atoms with Crippen LogP contribution in [0, 0.1) is 6.92 Å². The van der Waals surface area contributed by atoms with E-state index in [-0.39, 0.29) is 5.91 Å². The first kappa shape index (κ1) is 16.8. The number of hydrogen-bond donors (Lipinski definition) is 3. The molecule has 0 radical (unpaired) electrons. The van der Waals surface area contributed by atoms with Gasteiger partial charge in [0.2, 0.25) is 5.91 Å². The van der Waals surface area contributed by atoms with E-state index in [4.69, 9.17) is 0 Å². The topological polar surface area (TPSA) is 69.8 Å². The summed E-state index contributed by atoms with van der Waals surface area (Å²) >= 11 is 0. The summed E-state index contributed by atoms with van der Waals surface area (Å²) in [6.45, 7) is 2.05. The monoisotopic (exact) mass is 356 g/mol. The Hall–Kier alpha value is -3.60. The average molecular weight is 356 g/mol. The van der Waals surface area contributed by atoms with E-state index < -0.39 is 0 Å². The van der Waals surface area contributed by atoms with Crippen molar-refractivity contribution in [1.29, 1.82) is 0 Å². The second-order valence-corrected chi connectivity index (χ2v) is 6.51. The molecule has 134 valence electrons. The summed E-state index contributed by atoms with van der Waals surface area (Å²) in [7, 11) is 0. The van der Waals surface area contributed by atoms with Crippen LogP contribution in [0.1, 0.15) is 11.1 Å². The van der Waals surface area contributed by atoms with Crippen LogP contribution in [0.5, 0.6) is 0 Å². The number of nitrogens with zero attached hydrogens (tertiary/aromatic N) is 1. The van der Waals surface area contributed by atoms with Crippen molar-refractivity contribution in [2.75, 3.05) is 10.6 Å². The maximum atomic E-state index is 12.4. The van der Waals surface area contributed by atoms with E-state index in [0.717, 1.165) is 28.0 Å². The summed E-state index contributed by atoms with van der Waals surface area (Å²) in [6.07, 6.45) is 3.86. The van der Waals surface area contributed by atoms with Gasteiger partial charge in [0.1, 0.15) is 5.82 Å². The number of H-pyrrole nitrogens is 1. The Balaban J connectivity index is 1.40. The van der Waals surface area contributed by atoms with Crippen LogP contribution in [0.2, 0.25) is 0 Å². The highest BCUT2D eigenvalue weighted by atomic mass is 16.1. The molecule has 0 bridgehead atoms. The molecule has 0 saturated heterocycles. The molecule has 2 aromatic carbocycles. The van der Waals surface area contributed by atoms with E-state index >= 15 is 0 Å². The predicted molar refractivity (Wildman–Crippen MR) is 109 cm³/mol. The number of rotatable bonds is 5. The average Bonchev–Trinajstić information content (AvgIpc) is 3.06. The first-order valence-corrected chi connectivity index (χ1v) is 8.82. The van der Waals surface area contributed by atoms with Crippen molar-refractivity contribution >= 4 is 34.0 Å². The highest BCUT2D eigenvalue weighted by Crippen LogP contribution is 2.20. The predicted octanol–water partition coefficient (Wildman–Crippen LogP) is 4.80. The van der Waals surface area contributed by atoms with Gasteiger partial charge in [0, 0.05) is 22.8 Å². The van der Waals surface area contributed by atoms with E-state index in [1.54, 1.807) is 6.20 Å². The van der Waals surface area contributed by atoms with E-state index in [1.807, 2.05) is 67.7 Å². The van der Waals surface area contributed by atoms with Gasteiger partial charge < -0.3 is 15.6 Å². The summed E-state index contributed by atoms with van der Waals surface area (Å²) in [5.74, 6) is 0.663. The zero-order valence-electron chi connectivity index (χ0n) is 15.0. The summed E-state index contributed by atoms with van der Waals surface area (Å²) in [4.78, 5) is 19.9. The van der Waals surface area contributed by atoms with Crippen LogP contribution in [0.3, 0.4) is 0 Å². The molecule has 2 aromatic heterocycles. The smallest absolute Gasteiger partial charge is 0.228 e. The summed E-state index contributed by atoms with van der Waals surface area (Å²) in [6, 6.07) is 19.7. The van der Waals surface area contributed by atoms with Gasteiger partial charge in [0.15, 0.2) is 0 Å². The molecule has 2 heterocycles. The van der Waals surface area contributed by atoms with E-state index in [2.05, 4.69) is 26.7 Å². The lowest BCUT2D eigenvalue weighted by molar-refractivity contribution is -0.115. The number of aromatic amines is 1. The largest absolute Gasteiger partial charge is 0.361 e. The number of amides is 1. The molecule has 0 aliphatic heterocycles. The van der Waals surface area contributed by atoms with Crippen molar-refractivity contribution in [2.24, 2.45) is 0 Å². The van der Waals surface area contributed by atoms with Crippen LogP contribution in [0.15, 0.2) is 73.1 Å². The van der Waals surface area contributed by atoms with Gasteiger partial charge in [-0.25, -0.2) is 4.98 Å². The van der Waals surface area contributed by atoms with E-state index in [9.17, 15) is 4.79 Å². The zero-order valence-corrected chi connectivity index (χ0v) is 15.0. The Morgan fingerprint density at radius 3 is 2.74 bits per heavy atom. The van der Waals surface area contributed by atoms with Crippen molar-refractivity contribution in [3.63, 3.8) is 0 Å².